The van der Waals surface area contributed by atoms with Crippen LogP contribution in [-0.4, -0.2) is 34.5 Å². The third-order valence-electron chi connectivity index (χ3n) is 4.26. The molecule has 2 aliphatic heterocycles. The Labute approximate surface area is 127 Å². The number of phenols is 1. The first-order chi connectivity index (χ1) is 9.47. The van der Waals surface area contributed by atoms with E-state index in [1.807, 2.05) is 4.90 Å². The third-order valence-corrected chi connectivity index (χ3v) is 5.08. The molecule has 0 radical (unpaired) electrons. The van der Waals surface area contributed by atoms with Gasteiger partial charge in [0.15, 0.2) is 0 Å². The van der Waals surface area contributed by atoms with Crippen molar-refractivity contribution in [2.45, 2.75) is 37.3 Å². The van der Waals surface area contributed by atoms with Gasteiger partial charge in [-0.25, -0.2) is 0 Å². The number of amides is 1. The molecule has 3 N–H and O–H groups in total. The van der Waals surface area contributed by atoms with E-state index in [0.717, 1.165) is 12.8 Å². The topological polar surface area (TPSA) is 66.6 Å². The minimum atomic E-state index is -0.0640. The van der Waals surface area contributed by atoms with E-state index in [2.05, 4.69) is 0 Å². The predicted octanol–water partition coefficient (Wildman–Crippen LogP) is 2.50. The summed E-state index contributed by atoms with van der Waals surface area (Å²) < 4.78 is 0. The number of piperidine rings is 1. The molecule has 3 rings (SSSR count). The average Bonchev–Trinajstić information content (AvgIpc) is 2.78. The van der Waals surface area contributed by atoms with Crippen molar-refractivity contribution >= 4 is 29.1 Å². The number of halogens is 2. The summed E-state index contributed by atoms with van der Waals surface area (Å²) in [4.78, 5) is 13.9. The number of carbonyl (C=O) groups excluding carboxylic acids is 1. The van der Waals surface area contributed by atoms with E-state index in [9.17, 15) is 9.90 Å². The third kappa shape index (κ3) is 2.26. The lowest BCUT2D eigenvalue weighted by Gasteiger charge is -2.32. The van der Waals surface area contributed by atoms with Gasteiger partial charge in [0.25, 0.3) is 0 Å². The number of carbonyl (C=O) groups is 1. The summed E-state index contributed by atoms with van der Waals surface area (Å²) in [5.41, 5.74) is 6.55. The van der Waals surface area contributed by atoms with E-state index in [1.165, 1.54) is 0 Å². The van der Waals surface area contributed by atoms with E-state index >= 15 is 0 Å². The highest BCUT2D eigenvalue weighted by Gasteiger charge is 2.41. The van der Waals surface area contributed by atoms with Crippen LogP contribution in [0.15, 0.2) is 12.1 Å². The van der Waals surface area contributed by atoms with Crippen molar-refractivity contribution in [3.8, 4) is 5.75 Å². The molecule has 0 aromatic heterocycles. The SMILES string of the molecule is N[C@@H]1CC(=O)N2C[C@@H](c3c(O)ccc(Cl)c3Cl)C[C@H]2C1. The maximum Gasteiger partial charge on any atom is 0.224 e. The number of nitrogens with zero attached hydrogens (tertiary/aromatic N) is 1. The minimum absolute atomic E-state index is 0.0143. The molecule has 6 heteroatoms. The molecular formula is C14H16Cl2N2O2. The van der Waals surface area contributed by atoms with Crippen molar-refractivity contribution < 1.29 is 9.90 Å². The van der Waals surface area contributed by atoms with E-state index in [-0.39, 0.29) is 29.7 Å². The Morgan fingerprint density at radius 3 is 2.80 bits per heavy atom. The second kappa shape index (κ2) is 5.10. The van der Waals surface area contributed by atoms with E-state index < -0.39 is 0 Å². The highest BCUT2D eigenvalue weighted by molar-refractivity contribution is 6.42. The number of fused-ring (bicyclic) bond motifs is 1. The van der Waals surface area contributed by atoms with Gasteiger partial charge < -0.3 is 15.7 Å². The largest absolute Gasteiger partial charge is 0.508 e. The first-order valence-electron chi connectivity index (χ1n) is 6.69. The number of benzene rings is 1. The molecule has 2 saturated heterocycles. The monoisotopic (exact) mass is 314 g/mol. The van der Waals surface area contributed by atoms with Gasteiger partial charge >= 0.3 is 0 Å². The van der Waals surface area contributed by atoms with Crippen molar-refractivity contribution in [2.75, 3.05) is 6.54 Å². The first-order valence-corrected chi connectivity index (χ1v) is 7.45. The number of hydrogen-bond donors (Lipinski definition) is 2. The highest BCUT2D eigenvalue weighted by atomic mass is 35.5. The minimum Gasteiger partial charge on any atom is -0.508 e. The van der Waals surface area contributed by atoms with Crippen LogP contribution in [0.1, 0.15) is 30.7 Å². The van der Waals surface area contributed by atoms with Crippen LogP contribution in [0.5, 0.6) is 5.75 Å². The van der Waals surface area contributed by atoms with Crippen LogP contribution in [0.2, 0.25) is 10.0 Å². The van der Waals surface area contributed by atoms with Crippen molar-refractivity contribution in [2.24, 2.45) is 5.73 Å². The molecular weight excluding hydrogens is 299 g/mol. The zero-order valence-electron chi connectivity index (χ0n) is 10.9. The van der Waals surface area contributed by atoms with Gasteiger partial charge in [0.2, 0.25) is 5.91 Å². The highest BCUT2D eigenvalue weighted by Crippen LogP contribution is 2.44. The van der Waals surface area contributed by atoms with Gasteiger partial charge in [-0.2, -0.15) is 0 Å². The van der Waals surface area contributed by atoms with E-state index in [4.69, 9.17) is 28.9 Å². The molecule has 2 fully saturated rings. The molecule has 0 unspecified atom stereocenters. The summed E-state index contributed by atoms with van der Waals surface area (Å²) in [5, 5.41) is 10.9. The van der Waals surface area contributed by atoms with Crippen LogP contribution < -0.4 is 5.73 Å². The molecule has 3 atom stereocenters. The van der Waals surface area contributed by atoms with Crippen LogP contribution in [0.4, 0.5) is 0 Å². The fourth-order valence-electron chi connectivity index (χ4n) is 3.37. The lowest BCUT2D eigenvalue weighted by Crippen LogP contribution is -2.47. The summed E-state index contributed by atoms with van der Waals surface area (Å²) in [6.45, 7) is 0.573. The molecule has 0 saturated carbocycles. The molecule has 1 amide bonds. The summed E-state index contributed by atoms with van der Waals surface area (Å²) in [6, 6.07) is 3.21. The zero-order chi connectivity index (χ0) is 14.4. The zero-order valence-corrected chi connectivity index (χ0v) is 12.4. The summed E-state index contributed by atoms with van der Waals surface area (Å²) >= 11 is 12.2. The molecule has 108 valence electrons. The van der Waals surface area contributed by atoms with Crippen molar-refractivity contribution in [1.82, 2.24) is 4.90 Å². The summed E-state index contributed by atoms with van der Waals surface area (Å²) in [6.07, 6.45) is 1.98. The number of nitrogens with two attached hydrogens (primary N) is 1. The number of aromatic hydroxyl groups is 1. The molecule has 2 heterocycles. The second-order valence-electron chi connectivity index (χ2n) is 5.63. The van der Waals surface area contributed by atoms with Crippen molar-refractivity contribution in [1.29, 1.82) is 0 Å². The van der Waals surface area contributed by atoms with Crippen LogP contribution in [0, 0.1) is 0 Å². The average molecular weight is 315 g/mol. The number of phenolic OH excluding ortho intramolecular Hbond substituents is 1. The van der Waals surface area contributed by atoms with Crippen LogP contribution in [0.3, 0.4) is 0 Å². The van der Waals surface area contributed by atoms with Gasteiger partial charge in [0.1, 0.15) is 5.75 Å². The number of rotatable bonds is 1. The lowest BCUT2D eigenvalue weighted by molar-refractivity contribution is -0.135. The Bertz CT molecular complexity index is 564. The van der Waals surface area contributed by atoms with Crippen LogP contribution in [0.25, 0.3) is 0 Å². The smallest absolute Gasteiger partial charge is 0.224 e. The van der Waals surface area contributed by atoms with Crippen LogP contribution in [-0.2, 0) is 4.79 Å². The molecule has 0 bridgehead atoms. The van der Waals surface area contributed by atoms with Crippen molar-refractivity contribution in [3.63, 3.8) is 0 Å². The quantitative estimate of drug-likeness (QED) is 0.837. The normalized spacial score (nSPS) is 29.6. The molecule has 20 heavy (non-hydrogen) atoms. The molecule has 0 aliphatic carbocycles. The molecule has 4 nitrogen and oxygen atoms in total. The maximum atomic E-state index is 12.0. The Balaban J connectivity index is 1.91. The molecule has 0 spiro atoms. The number of hydrogen-bond acceptors (Lipinski definition) is 3. The second-order valence-corrected chi connectivity index (χ2v) is 6.41. The Hall–Kier alpha value is -0.970. The Kier molecular flexibility index (Phi) is 3.56. The van der Waals surface area contributed by atoms with Gasteiger partial charge in [-0.1, -0.05) is 23.2 Å². The summed E-state index contributed by atoms with van der Waals surface area (Å²) in [5.74, 6) is 0.246. The molecule has 1 aromatic carbocycles. The molecule has 2 aliphatic rings. The molecule has 1 aromatic rings. The van der Waals surface area contributed by atoms with Gasteiger partial charge in [-0.15, -0.1) is 0 Å². The standard InChI is InChI=1S/C14H16Cl2N2O2/c15-10-1-2-11(19)13(14(10)16)7-3-9-4-8(17)5-12(20)18(9)6-7/h1-2,7-9,19H,3-6,17H2/t7-,8-,9-/m0/s1. The maximum absolute atomic E-state index is 12.0. The van der Waals surface area contributed by atoms with E-state index in [1.54, 1.807) is 12.1 Å². The lowest BCUT2D eigenvalue weighted by atomic mass is 9.92. The van der Waals surface area contributed by atoms with Gasteiger partial charge in [-0.3, -0.25) is 4.79 Å². The summed E-state index contributed by atoms with van der Waals surface area (Å²) in [7, 11) is 0. The van der Waals surface area contributed by atoms with Gasteiger partial charge in [-0.05, 0) is 25.0 Å². The predicted molar refractivity (Wildman–Crippen MR) is 78.2 cm³/mol. The van der Waals surface area contributed by atoms with E-state index in [0.29, 0.717) is 28.6 Å². The van der Waals surface area contributed by atoms with Crippen molar-refractivity contribution in [3.05, 3.63) is 27.7 Å². The Morgan fingerprint density at radius 1 is 1.30 bits per heavy atom. The van der Waals surface area contributed by atoms with Gasteiger partial charge in [0.05, 0.1) is 10.0 Å². The Morgan fingerprint density at radius 2 is 2.05 bits per heavy atom. The van der Waals surface area contributed by atoms with Gasteiger partial charge in [0, 0.05) is 36.5 Å². The fourth-order valence-corrected chi connectivity index (χ4v) is 3.85. The van der Waals surface area contributed by atoms with Crippen LogP contribution >= 0.6 is 23.2 Å². The first kappa shape index (κ1) is 14.0. The fraction of sp³-hybridized carbons (Fsp3) is 0.500.